The molecule has 100 valence electrons. The van der Waals surface area contributed by atoms with Crippen LogP contribution in [-0.4, -0.2) is 23.6 Å². The third-order valence-electron chi connectivity index (χ3n) is 3.08. The van der Waals surface area contributed by atoms with Crippen molar-refractivity contribution in [3.8, 4) is 17.0 Å². The number of rotatable bonds is 5. The van der Waals surface area contributed by atoms with Crippen LogP contribution < -0.4 is 10.5 Å². The lowest BCUT2D eigenvalue weighted by Crippen LogP contribution is -2.08. The fourth-order valence-corrected chi connectivity index (χ4v) is 1.93. The molecule has 1 atom stereocenters. The molecule has 0 amide bonds. The zero-order valence-electron chi connectivity index (χ0n) is 11.3. The van der Waals surface area contributed by atoms with Gasteiger partial charge in [-0.2, -0.15) is 0 Å². The summed E-state index contributed by atoms with van der Waals surface area (Å²) in [5, 5.41) is 0. The Bertz CT molecular complexity index is 542. The van der Waals surface area contributed by atoms with Gasteiger partial charge in [-0.1, -0.05) is 19.1 Å². The van der Waals surface area contributed by atoms with E-state index in [2.05, 4.69) is 16.9 Å². The van der Waals surface area contributed by atoms with Gasteiger partial charge in [-0.05, 0) is 31.2 Å². The van der Waals surface area contributed by atoms with Crippen molar-refractivity contribution in [1.29, 1.82) is 0 Å². The van der Waals surface area contributed by atoms with Crippen molar-refractivity contribution in [2.24, 2.45) is 5.73 Å². The van der Waals surface area contributed by atoms with E-state index in [1.807, 2.05) is 30.3 Å². The lowest BCUT2D eigenvalue weighted by Gasteiger charge is -2.10. The van der Waals surface area contributed by atoms with Crippen molar-refractivity contribution in [1.82, 2.24) is 9.97 Å². The van der Waals surface area contributed by atoms with E-state index < -0.39 is 0 Å². The Labute approximate surface area is 113 Å². The quantitative estimate of drug-likeness (QED) is 0.894. The second-order valence-corrected chi connectivity index (χ2v) is 4.51. The minimum atomic E-state index is 0.274. The van der Waals surface area contributed by atoms with Crippen LogP contribution in [0, 0.1) is 0 Å². The molecule has 1 aromatic carbocycles. The summed E-state index contributed by atoms with van der Waals surface area (Å²) in [7, 11) is 1.66. The van der Waals surface area contributed by atoms with E-state index in [1.165, 1.54) is 0 Å². The van der Waals surface area contributed by atoms with Crippen LogP contribution in [0.25, 0.3) is 11.3 Å². The first kappa shape index (κ1) is 13.5. The molecule has 1 unspecified atom stereocenters. The van der Waals surface area contributed by atoms with Gasteiger partial charge in [0.1, 0.15) is 11.6 Å². The van der Waals surface area contributed by atoms with E-state index >= 15 is 0 Å². The maximum Gasteiger partial charge on any atom is 0.131 e. The number of benzene rings is 1. The molecule has 0 bridgehead atoms. The molecule has 0 aliphatic rings. The molecule has 0 fully saturated rings. The number of hydrogen-bond donors (Lipinski definition) is 1. The summed E-state index contributed by atoms with van der Waals surface area (Å²) in [6.07, 6.45) is 2.69. The summed E-state index contributed by atoms with van der Waals surface area (Å²) < 4.78 is 5.23. The number of hydrogen-bond acceptors (Lipinski definition) is 4. The highest BCUT2D eigenvalue weighted by Gasteiger charge is 2.09. The van der Waals surface area contributed by atoms with Gasteiger partial charge in [0.25, 0.3) is 0 Å². The molecule has 4 heteroatoms. The Morgan fingerprint density at radius 2 is 2.16 bits per heavy atom. The van der Waals surface area contributed by atoms with Gasteiger partial charge in [-0.3, -0.25) is 0 Å². The molecule has 1 heterocycles. The predicted octanol–water partition coefficient (Wildman–Crippen LogP) is 2.60. The lowest BCUT2D eigenvalue weighted by molar-refractivity contribution is 0.415. The van der Waals surface area contributed by atoms with Gasteiger partial charge >= 0.3 is 0 Å². The highest BCUT2D eigenvalue weighted by atomic mass is 16.5. The largest absolute Gasteiger partial charge is 0.497 e. The van der Waals surface area contributed by atoms with Crippen molar-refractivity contribution < 1.29 is 4.74 Å². The van der Waals surface area contributed by atoms with Crippen LogP contribution in [0.3, 0.4) is 0 Å². The van der Waals surface area contributed by atoms with Crippen LogP contribution in [0.2, 0.25) is 0 Å². The molecule has 2 aromatic rings. The molecule has 0 spiro atoms. The summed E-state index contributed by atoms with van der Waals surface area (Å²) in [5.74, 6) is 1.94. The van der Waals surface area contributed by atoms with E-state index in [4.69, 9.17) is 10.5 Å². The summed E-state index contributed by atoms with van der Waals surface area (Å²) >= 11 is 0. The Balaban J connectivity index is 2.31. The van der Waals surface area contributed by atoms with E-state index in [1.54, 1.807) is 13.3 Å². The molecular formula is C15H19N3O. The Hall–Kier alpha value is -1.94. The van der Waals surface area contributed by atoms with Crippen molar-refractivity contribution >= 4 is 0 Å². The van der Waals surface area contributed by atoms with Crippen LogP contribution >= 0.6 is 0 Å². The Morgan fingerprint density at radius 1 is 1.32 bits per heavy atom. The van der Waals surface area contributed by atoms with Gasteiger partial charge in [-0.15, -0.1) is 0 Å². The second kappa shape index (κ2) is 6.29. The first-order valence-electron chi connectivity index (χ1n) is 6.42. The smallest absolute Gasteiger partial charge is 0.131 e. The average Bonchev–Trinajstić information content (AvgIpc) is 2.48. The number of nitrogens with zero attached hydrogens (tertiary/aromatic N) is 2. The first-order chi connectivity index (χ1) is 9.24. The Morgan fingerprint density at radius 3 is 2.89 bits per heavy atom. The topological polar surface area (TPSA) is 61.0 Å². The van der Waals surface area contributed by atoms with Crippen LogP contribution in [0.15, 0.2) is 36.5 Å². The number of aromatic nitrogens is 2. The summed E-state index contributed by atoms with van der Waals surface area (Å²) in [5.41, 5.74) is 7.52. The van der Waals surface area contributed by atoms with E-state index in [9.17, 15) is 0 Å². The predicted molar refractivity (Wildman–Crippen MR) is 76.1 cm³/mol. The maximum absolute atomic E-state index is 5.58. The van der Waals surface area contributed by atoms with Gasteiger partial charge < -0.3 is 10.5 Å². The van der Waals surface area contributed by atoms with Crippen molar-refractivity contribution in [3.63, 3.8) is 0 Å². The van der Waals surface area contributed by atoms with Crippen LogP contribution in [-0.2, 0) is 0 Å². The van der Waals surface area contributed by atoms with Gasteiger partial charge in [0, 0.05) is 17.7 Å². The molecule has 0 saturated heterocycles. The average molecular weight is 257 g/mol. The minimum Gasteiger partial charge on any atom is -0.497 e. The highest BCUT2D eigenvalue weighted by molar-refractivity contribution is 5.60. The van der Waals surface area contributed by atoms with Gasteiger partial charge in [-0.25, -0.2) is 9.97 Å². The normalized spacial score (nSPS) is 12.2. The van der Waals surface area contributed by atoms with E-state index in [0.29, 0.717) is 6.54 Å². The van der Waals surface area contributed by atoms with Crippen LogP contribution in [0.4, 0.5) is 0 Å². The molecular weight excluding hydrogens is 238 g/mol. The second-order valence-electron chi connectivity index (χ2n) is 4.51. The van der Waals surface area contributed by atoms with Gasteiger partial charge in [0.2, 0.25) is 0 Å². The molecule has 2 N–H and O–H groups in total. The molecule has 0 saturated carbocycles. The van der Waals surface area contributed by atoms with E-state index in [-0.39, 0.29) is 5.92 Å². The number of nitrogens with two attached hydrogens (primary N) is 1. The first-order valence-corrected chi connectivity index (χ1v) is 6.42. The third kappa shape index (κ3) is 3.29. The third-order valence-corrected chi connectivity index (χ3v) is 3.08. The molecule has 1 aromatic heterocycles. The minimum absolute atomic E-state index is 0.274. The molecule has 4 nitrogen and oxygen atoms in total. The summed E-state index contributed by atoms with van der Waals surface area (Å²) in [6, 6.07) is 9.78. The number of methoxy groups -OCH3 is 1. The summed E-state index contributed by atoms with van der Waals surface area (Å²) in [4.78, 5) is 8.94. The lowest BCUT2D eigenvalue weighted by atomic mass is 10.1. The van der Waals surface area contributed by atoms with Crippen molar-refractivity contribution in [2.45, 2.75) is 19.3 Å². The molecule has 0 aliphatic heterocycles. The number of ether oxygens (including phenoxy) is 1. The van der Waals surface area contributed by atoms with Crippen molar-refractivity contribution in [2.75, 3.05) is 13.7 Å². The zero-order valence-corrected chi connectivity index (χ0v) is 11.3. The van der Waals surface area contributed by atoms with E-state index in [0.717, 1.165) is 29.3 Å². The highest BCUT2D eigenvalue weighted by Crippen LogP contribution is 2.23. The van der Waals surface area contributed by atoms with Crippen molar-refractivity contribution in [3.05, 3.63) is 42.4 Å². The summed E-state index contributed by atoms with van der Waals surface area (Å²) in [6.45, 7) is 2.74. The monoisotopic (exact) mass is 257 g/mol. The molecule has 0 aliphatic carbocycles. The maximum atomic E-state index is 5.58. The fourth-order valence-electron chi connectivity index (χ4n) is 1.93. The standard InChI is InChI=1S/C15H19N3O/c1-11(6-8-16)15-17-9-7-14(18-15)12-4-3-5-13(10-12)19-2/h3-5,7,9-11H,6,8,16H2,1-2H3. The SMILES string of the molecule is COc1cccc(-c2ccnc(C(C)CCN)n2)c1. The van der Waals surface area contributed by atoms with Crippen LogP contribution in [0.1, 0.15) is 25.1 Å². The fraction of sp³-hybridized carbons (Fsp3) is 0.333. The van der Waals surface area contributed by atoms with Gasteiger partial charge in [0.15, 0.2) is 0 Å². The molecule has 19 heavy (non-hydrogen) atoms. The van der Waals surface area contributed by atoms with Crippen LogP contribution in [0.5, 0.6) is 5.75 Å². The Kier molecular flexibility index (Phi) is 4.47. The molecule has 2 rings (SSSR count). The van der Waals surface area contributed by atoms with Gasteiger partial charge in [0.05, 0.1) is 12.8 Å². The molecule has 0 radical (unpaired) electrons. The zero-order chi connectivity index (χ0) is 13.7.